The minimum atomic E-state index is -3.43. The number of sulfonamides is 1. The minimum Gasteiger partial charge on any atom is -0.378 e. The maximum Gasteiger partial charge on any atom is 0.253 e. The lowest BCUT2D eigenvalue weighted by Gasteiger charge is -2.28. The van der Waals surface area contributed by atoms with E-state index in [-0.39, 0.29) is 16.5 Å². The van der Waals surface area contributed by atoms with E-state index >= 15 is 0 Å². The molecule has 2 aromatic carbocycles. The van der Waals surface area contributed by atoms with E-state index in [4.69, 9.17) is 16.3 Å². The van der Waals surface area contributed by atoms with Crippen molar-refractivity contribution in [2.45, 2.75) is 6.54 Å². The first kappa shape index (κ1) is 21.4. The normalized spacial score (nSPS) is 14.5. The first-order valence-corrected chi connectivity index (χ1v) is 11.4. The number of morpholine rings is 1. The average Bonchev–Trinajstić information content (AvgIpc) is 2.72. The summed E-state index contributed by atoms with van der Waals surface area (Å²) < 4.78 is 29.9. The summed E-state index contributed by atoms with van der Waals surface area (Å²) in [4.78, 5) is 14.9. The number of hydrogen-bond donors (Lipinski definition) is 1. The van der Waals surface area contributed by atoms with Crippen LogP contribution in [0.4, 0.5) is 11.4 Å². The highest BCUT2D eigenvalue weighted by Gasteiger charge is 2.17. The number of nitrogens with zero attached hydrogens (tertiary/aromatic N) is 2. The van der Waals surface area contributed by atoms with Crippen LogP contribution in [0.5, 0.6) is 0 Å². The van der Waals surface area contributed by atoms with E-state index in [0.717, 1.165) is 48.1 Å². The van der Waals surface area contributed by atoms with Crippen LogP contribution in [0.15, 0.2) is 42.5 Å². The van der Waals surface area contributed by atoms with Crippen molar-refractivity contribution in [2.24, 2.45) is 0 Å². The summed E-state index contributed by atoms with van der Waals surface area (Å²) >= 11 is 6.15. The highest BCUT2D eigenvalue weighted by atomic mass is 35.5. The second-order valence-corrected chi connectivity index (χ2v) is 9.26. The topological polar surface area (TPSA) is 79.0 Å². The number of halogens is 1. The molecule has 9 heteroatoms. The van der Waals surface area contributed by atoms with Gasteiger partial charge >= 0.3 is 0 Å². The van der Waals surface area contributed by atoms with Gasteiger partial charge in [-0.2, -0.15) is 0 Å². The fourth-order valence-electron chi connectivity index (χ4n) is 3.00. The van der Waals surface area contributed by atoms with Gasteiger partial charge in [-0.1, -0.05) is 23.7 Å². The van der Waals surface area contributed by atoms with E-state index in [1.54, 1.807) is 6.07 Å². The molecule has 156 valence electrons. The fraction of sp³-hybridized carbons (Fsp3) is 0.350. The quantitative estimate of drug-likeness (QED) is 0.751. The SMILES string of the molecule is CN(c1ccc(Cl)c(C(=O)NCc2ccc(N3CCOCC3)cc2)c1)S(C)(=O)=O. The predicted molar refractivity (Wildman–Crippen MR) is 115 cm³/mol. The highest BCUT2D eigenvalue weighted by molar-refractivity contribution is 7.92. The first-order chi connectivity index (χ1) is 13.8. The van der Waals surface area contributed by atoms with Crippen molar-refractivity contribution < 1.29 is 17.9 Å². The summed E-state index contributed by atoms with van der Waals surface area (Å²) in [6, 6.07) is 12.6. The Morgan fingerprint density at radius 1 is 1.17 bits per heavy atom. The predicted octanol–water partition coefficient (Wildman–Crippen LogP) is 2.50. The number of amides is 1. The molecule has 0 radical (unpaired) electrons. The molecule has 1 aliphatic heterocycles. The third-order valence-electron chi connectivity index (χ3n) is 4.82. The molecule has 2 aromatic rings. The number of ether oxygens (including phenoxy) is 1. The molecule has 0 unspecified atom stereocenters. The number of anilines is 2. The van der Waals surface area contributed by atoms with Crippen molar-refractivity contribution in [3.63, 3.8) is 0 Å². The van der Waals surface area contributed by atoms with Crippen LogP contribution in [0.3, 0.4) is 0 Å². The molecule has 0 bridgehead atoms. The Morgan fingerprint density at radius 2 is 1.83 bits per heavy atom. The lowest BCUT2D eigenvalue weighted by atomic mass is 10.1. The standard InChI is InChI=1S/C20H24ClN3O4S/c1-23(29(2,26)27)17-7-8-19(21)18(13-17)20(25)22-14-15-3-5-16(6-4-15)24-9-11-28-12-10-24/h3-8,13H,9-12,14H2,1-2H3,(H,22,25). The molecular formula is C20H24ClN3O4S. The second kappa shape index (κ2) is 9.02. The minimum absolute atomic E-state index is 0.226. The van der Waals surface area contributed by atoms with Gasteiger partial charge in [0.15, 0.2) is 0 Å². The van der Waals surface area contributed by atoms with Gasteiger partial charge < -0.3 is 15.0 Å². The molecule has 0 spiro atoms. The molecule has 0 atom stereocenters. The molecule has 7 nitrogen and oxygen atoms in total. The number of benzene rings is 2. The van der Waals surface area contributed by atoms with Crippen molar-refractivity contribution in [2.75, 3.05) is 48.8 Å². The van der Waals surface area contributed by atoms with Gasteiger partial charge in [0.2, 0.25) is 10.0 Å². The van der Waals surface area contributed by atoms with Crippen molar-refractivity contribution in [1.29, 1.82) is 0 Å². The number of carbonyl (C=O) groups is 1. The van der Waals surface area contributed by atoms with E-state index in [0.29, 0.717) is 12.2 Å². The monoisotopic (exact) mass is 437 g/mol. The van der Waals surface area contributed by atoms with Crippen LogP contribution in [0.25, 0.3) is 0 Å². The zero-order valence-corrected chi connectivity index (χ0v) is 18.0. The summed E-state index contributed by atoms with van der Waals surface area (Å²) in [6.07, 6.45) is 1.10. The summed E-state index contributed by atoms with van der Waals surface area (Å²) in [5, 5.41) is 3.10. The Bertz CT molecular complexity index is 974. The van der Waals surface area contributed by atoms with Gasteiger partial charge in [0.05, 0.1) is 35.7 Å². The van der Waals surface area contributed by atoms with E-state index in [1.807, 2.05) is 24.3 Å². The van der Waals surface area contributed by atoms with Crippen molar-refractivity contribution in [3.05, 3.63) is 58.6 Å². The van der Waals surface area contributed by atoms with E-state index in [2.05, 4.69) is 10.2 Å². The van der Waals surface area contributed by atoms with Gasteiger partial charge in [0, 0.05) is 32.4 Å². The van der Waals surface area contributed by atoms with Crippen LogP contribution >= 0.6 is 11.6 Å². The van der Waals surface area contributed by atoms with Gasteiger partial charge in [-0.3, -0.25) is 9.10 Å². The molecule has 29 heavy (non-hydrogen) atoms. The maximum absolute atomic E-state index is 12.6. The largest absolute Gasteiger partial charge is 0.378 e. The number of carbonyl (C=O) groups excluding carboxylic acids is 1. The van der Waals surface area contributed by atoms with Crippen molar-refractivity contribution >= 4 is 38.9 Å². The zero-order valence-electron chi connectivity index (χ0n) is 16.4. The van der Waals surface area contributed by atoms with Gasteiger partial charge in [0.1, 0.15) is 0 Å². The first-order valence-electron chi connectivity index (χ1n) is 9.19. The third-order valence-corrected chi connectivity index (χ3v) is 6.36. The highest BCUT2D eigenvalue weighted by Crippen LogP contribution is 2.24. The zero-order chi connectivity index (χ0) is 21.0. The van der Waals surface area contributed by atoms with Gasteiger partial charge in [-0.15, -0.1) is 0 Å². The summed E-state index contributed by atoms with van der Waals surface area (Å²) in [5.74, 6) is -0.365. The lowest BCUT2D eigenvalue weighted by molar-refractivity contribution is 0.0951. The third kappa shape index (κ3) is 5.41. The van der Waals surface area contributed by atoms with Crippen LogP contribution < -0.4 is 14.5 Å². The Balaban J connectivity index is 1.66. The van der Waals surface area contributed by atoms with Crippen LogP contribution in [0.2, 0.25) is 5.02 Å². The Labute approximate surface area is 176 Å². The molecule has 0 aliphatic carbocycles. The van der Waals surface area contributed by atoms with Gasteiger partial charge in [-0.05, 0) is 35.9 Å². The fourth-order valence-corrected chi connectivity index (χ4v) is 3.70. The Kier molecular flexibility index (Phi) is 6.66. The Morgan fingerprint density at radius 3 is 2.45 bits per heavy atom. The maximum atomic E-state index is 12.6. The van der Waals surface area contributed by atoms with Crippen LogP contribution in [0, 0.1) is 0 Å². The van der Waals surface area contributed by atoms with Crippen molar-refractivity contribution in [3.8, 4) is 0 Å². The van der Waals surface area contributed by atoms with E-state index in [9.17, 15) is 13.2 Å². The van der Waals surface area contributed by atoms with Crippen LogP contribution in [-0.2, 0) is 21.3 Å². The number of nitrogens with one attached hydrogen (secondary N) is 1. The van der Waals surface area contributed by atoms with E-state index < -0.39 is 10.0 Å². The molecule has 1 heterocycles. The molecule has 0 aromatic heterocycles. The Hall–Kier alpha value is -2.29. The average molecular weight is 438 g/mol. The molecule has 0 saturated carbocycles. The second-order valence-electron chi connectivity index (χ2n) is 6.84. The molecule has 1 N–H and O–H groups in total. The number of rotatable bonds is 6. The lowest BCUT2D eigenvalue weighted by Crippen LogP contribution is -2.36. The van der Waals surface area contributed by atoms with Gasteiger partial charge in [-0.25, -0.2) is 8.42 Å². The van der Waals surface area contributed by atoms with E-state index in [1.165, 1.54) is 19.2 Å². The molecule has 1 fully saturated rings. The molecular weight excluding hydrogens is 414 g/mol. The number of hydrogen-bond acceptors (Lipinski definition) is 5. The van der Waals surface area contributed by atoms with Crippen LogP contribution in [-0.4, -0.2) is 53.9 Å². The molecule has 1 amide bonds. The summed E-state index contributed by atoms with van der Waals surface area (Å²) in [6.45, 7) is 3.53. The molecule has 1 aliphatic rings. The van der Waals surface area contributed by atoms with Crippen molar-refractivity contribution in [1.82, 2.24) is 5.32 Å². The van der Waals surface area contributed by atoms with Gasteiger partial charge in [0.25, 0.3) is 5.91 Å². The molecule has 1 saturated heterocycles. The summed E-state index contributed by atoms with van der Waals surface area (Å²) in [5.41, 5.74) is 2.68. The van der Waals surface area contributed by atoms with Crippen LogP contribution in [0.1, 0.15) is 15.9 Å². The molecule has 3 rings (SSSR count). The smallest absolute Gasteiger partial charge is 0.253 e. The summed E-state index contributed by atoms with van der Waals surface area (Å²) in [7, 11) is -2.01.